The van der Waals surface area contributed by atoms with E-state index < -0.39 is 11.0 Å². The Hall–Kier alpha value is -0.100. The normalized spacial score (nSPS) is 26.9. The Morgan fingerprint density at radius 1 is 1.56 bits per heavy atom. The fourth-order valence-corrected chi connectivity index (χ4v) is 1.41. The Kier molecular flexibility index (Phi) is 1.76. The number of hydrogen-bond donors (Lipinski definition) is 1. The first-order valence-corrected chi connectivity index (χ1v) is 3.70. The number of alkyl halides is 1. The van der Waals surface area contributed by atoms with Crippen LogP contribution in [-0.2, 0) is 4.79 Å². The lowest BCUT2D eigenvalue weighted by atomic mass is 10.7. The second-order valence-electron chi connectivity index (χ2n) is 1.43. The van der Waals surface area contributed by atoms with Crippen molar-refractivity contribution in [3.63, 3.8) is 0 Å². The predicted octanol–water partition coefficient (Wildman–Crippen LogP) is 0.569. The van der Waals surface area contributed by atoms with Crippen LogP contribution in [0, 0.1) is 0 Å². The molecule has 9 heavy (non-hydrogen) atoms. The first kappa shape index (κ1) is 7.01. The molecule has 1 fully saturated rings. The van der Waals surface area contributed by atoms with E-state index in [1.807, 2.05) is 0 Å². The topological polar surface area (TPSA) is 49.4 Å². The van der Waals surface area contributed by atoms with Crippen molar-refractivity contribution in [1.29, 1.82) is 0 Å². The molecule has 1 rings (SSSR count). The Bertz CT molecular complexity index is 171. The second kappa shape index (κ2) is 2.26. The third kappa shape index (κ3) is 1.09. The summed E-state index contributed by atoms with van der Waals surface area (Å²) in [6.07, 6.45) is 0. The van der Waals surface area contributed by atoms with Crippen molar-refractivity contribution >= 4 is 44.0 Å². The average molecular weight is 258 g/mol. The zero-order valence-electron chi connectivity index (χ0n) is 4.10. The molecule has 0 aliphatic carbocycles. The smallest absolute Gasteiger partial charge is 0.316 e. The van der Waals surface area contributed by atoms with E-state index in [0.29, 0.717) is 0 Å². The number of nitrogens with zero attached hydrogens (tertiary/aromatic N) is 1. The Morgan fingerprint density at radius 2 is 2.11 bits per heavy atom. The van der Waals surface area contributed by atoms with Crippen LogP contribution in [0.5, 0.6) is 0 Å². The molecular formula is C3H2Br2N2O2. The molecule has 0 spiro atoms. The first-order valence-electron chi connectivity index (χ1n) is 2.07. The van der Waals surface area contributed by atoms with Crippen LogP contribution in [0.1, 0.15) is 0 Å². The fourth-order valence-electron chi connectivity index (χ4n) is 0.426. The zero-order chi connectivity index (χ0) is 7.02. The van der Waals surface area contributed by atoms with Gasteiger partial charge >= 0.3 is 6.03 Å². The number of nitrogens with one attached hydrogen (secondary N) is 1. The molecule has 0 aromatic rings. The lowest BCUT2D eigenvalue weighted by Gasteiger charge is -1.96. The van der Waals surface area contributed by atoms with Gasteiger partial charge in [0, 0.05) is 0 Å². The van der Waals surface area contributed by atoms with E-state index in [0.717, 1.165) is 3.93 Å². The summed E-state index contributed by atoms with van der Waals surface area (Å²) in [5, 5.41) is 2.32. The molecule has 1 aliphatic heterocycles. The molecule has 50 valence electrons. The number of carbonyl (C=O) groups is 2. The molecular weight excluding hydrogens is 256 g/mol. The highest BCUT2D eigenvalue weighted by Gasteiger charge is 2.34. The van der Waals surface area contributed by atoms with Crippen LogP contribution >= 0.6 is 32.1 Å². The van der Waals surface area contributed by atoms with Crippen LogP contribution in [0.2, 0.25) is 0 Å². The largest absolute Gasteiger partial charge is 0.335 e. The summed E-state index contributed by atoms with van der Waals surface area (Å²) in [4.78, 5) is 20.6. The van der Waals surface area contributed by atoms with Gasteiger partial charge in [0.25, 0.3) is 5.91 Å². The molecule has 0 aromatic heterocycles. The number of rotatable bonds is 0. The number of halogens is 2. The number of carbonyl (C=O) groups excluding carboxylic acids is 2. The van der Waals surface area contributed by atoms with Crippen molar-refractivity contribution in [2.24, 2.45) is 0 Å². The molecule has 3 amide bonds. The molecule has 1 atom stereocenters. The van der Waals surface area contributed by atoms with E-state index in [2.05, 4.69) is 37.4 Å². The summed E-state index contributed by atoms with van der Waals surface area (Å²) in [7, 11) is 0. The van der Waals surface area contributed by atoms with E-state index in [1.165, 1.54) is 0 Å². The van der Waals surface area contributed by atoms with Crippen LogP contribution in [0.3, 0.4) is 0 Å². The molecule has 1 N–H and O–H groups in total. The van der Waals surface area contributed by atoms with Gasteiger partial charge in [-0.25, -0.2) is 4.79 Å². The summed E-state index contributed by atoms with van der Waals surface area (Å²) in [6, 6.07) is -0.443. The van der Waals surface area contributed by atoms with Gasteiger partial charge in [0.1, 0.15) is 0 Å². The van der Waals surface area contributed by atoms with E-state index in [9.17, 15) is 9.59 Å². The Morgan fingerprint density at radius 3 is 2.22 bits per heavy atom. The third-order valence-corrected chi connectivity index (χ3v) is 2.13. The molecule has 0 radical (unpaired) electrons. The quantitative estimate of drug-likeness (QED) is 0.299. The highest BCUT2D eigenvalue weighted by Crippen LogP contribution is 2.13. The number of urea groups is 1. The fraction of sp³-hybridized carbons (Fsp3) is 0.333. The molecule has 1 saturated heterocycles. The van der Waals surface area contributed by atoms with Crippen molar-refractivity contribution in [2.45, 2.75) is 4.95 Å². The molecule has 0 saturated carbocycles. The van der Waals surface area contributed by atoms with Crippen molar-refractivity contribution in [3.05, 3.63) is 0 Å². The van der Waals surface area contributed by atoms with E-state index in [-0.39, 0.29) is 5.91 Å². The number of imide groups is 1. The summed E-state index contributed by atoms with van der Waals surface area (Å²) in [6.45, 7) is 0. The minimum absolute atomic E-state index is 0.333. The minimum Gasteiger partial charge on any atom is -0.316 e. The highest BCUT2D eigenvalue weighted by atomic mass is 79.9. The lowest BCUT2D eigenvalue weighted by molar-refractivity contribution is -0.121. The maximum Gasteiger partial charge on any atom is 0.335 e. The molecule has 0 bridgehead atoms. The maximum atomic E-state index is 10.7. The molecule has 4 nitrogen and oxygen atoms in total. The number of hydrogen-bond acceptors (Lipinski definition) is 2. The van der Waals surface area contributed by atoms with Crippen molar-refractivity contribution in [3.8, 4) is 0 Å². The summed E-state index contributed by atoms with van der Waals surface area (Å²) < 4.78 is 0.840. The van der Waals surface area contributed by atoms with Crippen LogP contribution in [0.4, 0.5) is 4.79 Å². The summed E-state index contributed by atoms with van der Waals surface area (Å²) in [5.74, 6) is -0.333. The SMILES string of the molecule is O=C1NC(Br)C(=O)N1Br. The number of amides is 3. The standard InChI is InChI=1S/C3H2Br2N2O2/c4-1-2(8)7(5)3(9)6-1/h1H,(H,6,9). The van der Waals surface area contributed by atoms with Crippen molar-refractivity contribution < 1.29 is 9.59 Å². The molecule has 1 unspecified atom stereocenters. The van der Waals surface area contributed by atoms with E-state index >= 15 is 0 Å². The monoisotopic (exact) mass is 256 g/mol. The van der Waals surface area contributed by atoms with Crippen LogP contribution < -0.4 is 5.32 Å². The third-order valence-electron chi connectivity index (χ3n) is 0.839. The van der Waals surface area contributed by atoms with Crippen molar-refractivity contribution in [2.75, 3.05) is 0 Å². The Labute approximate surface area is 68.0 Å². The zero-order valence-corrected chi connectivity index (χ0v) is 7.27. The van der Waals surface area contributed by atoms with Gasteiger partial charge in [0.05, 0.1) is 16.1 Å². The maximum absolute atomic E-state index is 10.7. The van der Waals surface area contributed by atoms with Gasteiger partial charge < -0.3 is 5.32 Å². The molecule has 1 heterocycles. The minimum atomic E-state index is -0.579. The average Bonchev–Trinajstić information content (AvgIpc) is 1.98. The highest BCUT2D eigenvalue weighted by molar-refractivity contribution is 9.10. The first-order chi connectivity index (χ1) is 4.13. The van der Waals surface area contributed by atoms with Crippen LogP contribution in [0.25, 0.3) is 0 Å². The molecule has 0 aromatic carbocycles. The summed E-state index contributed by atoms with van der Waals surface area (Å²) in [5.41, 5.74) is 0. The van der Waals surface area contributed by atoms with Gasteiger partial charge in [0.2, 0.25) is 0 Å². The van der Waals surface area contributed by atoms with Gasteiger partial charge in [-0.15, -0.1) is 0 Å². The Balaban J connectivity index is 2.77. The van der Waals surface area contributed by atoms with Gasteiger partial charge in [-0.05, 0) is 0 Å². The van der Waals surface area contributed by atoms with Gasteiger partial charge in [-0.3, -0.25) is 4.79 Å². The predicted molar refractivity (Wildman–Crippen MR) is 37.0 cm³/mol. The van der Waals surface area contributed by atoms with Gasteiger partial charge in [-0.2, -0.15) is 3.93 Å². The van der Waals surface area contributed by atoms with Gasteiger partial charge in [0.15, 0.2) is 4.95 Å². The molecule has 6 heteroatoms. The second-order valence-corrected chi connectivity index (χ2v) is 3.06. The molecule has 1 aliphatic rings. The van der Waals surface area contributed by atoms with Gasteiger partial charge in [-0.1, -0.05) is 15.9 Å². The summed E-state index contributed by atoms with van der Waals surface area (Å²) >= 11 is 5.68. The van der Waals surface area contributed by atoms with Crippen LogP contribution in [-0.4, -0.2) is 20.8 Å². The van der Waals surface area contributed by atoms with E-state index in [1.54, 1.807) is 0 Å². The van der Waals surface area contributed by atoms with Crippen LogP contribution in [0.15, 0.2) is 0 Å². The lowest BCUT2D eigenvalue weighted by Crippen LogP contribution is -2.21. The van der Waals surface area contributed by atoms with Crippen molar-refractivity contribution in [1.82, 2.24) is 9.24 Å². The van der Waals surface area contributed by atoms with E-state index in [4.69, 9.17) is 0 Å².